The van der Waals surface area contributed by atoms with Crippen molar-refractivity contribution in [3.05, 3.63) is 442 Å². The normalized spacial score (nSPS) is 11.1. The minimum absolute atomic E-state index is 0.290. The van der Waals surface area contributed by atoms with Crippen LogP contribution < -0.4 is 26.6 Å². The van der Waals surface area contributed by atoms with Crippen LogP contribution in [0.3, 0.4) is 0 Å². The summed E-state index contributed by atoms with van der Waals surface area (Å²) in [4.78, 5) is 95.0. The summed E-state index contributed by atoms with van der Waals surface area (Å²) < 4.78 is 18.1. The number of carbonyl (C=O) groups is 5. The zero-order valence-electron chi connectivity index (χ0n) is 83.1. The van der Waals surface area contributed by atoms with Gasteiger partial charge in [-0.2, -0.15) is 25.5 Å². The predicted octanol–water partition coefficient (Wildman–Crippen LogP) is 24.9. The molecule has 0 radical (unpaired) electrons. The molecule has 21 rings (SSSR count). The average Bonchev–Trinajstić information content (AvgIpc) is 1.92. The molecule has 30 nitrogen and oxygen atoms in total. The van der Waals surface area contributed by atoms with E-state index in [-0.39, 0.29) is 29.5 Å². The number of carbonyl (C=O) groups excluding carboxylic acids is 5. The SMILES string of the molecule is CC(C)c1ccc(NC(=O)c2cnc3c(cnn3Cc3ccccc3)c2Cl)cc1.CCc1ccc(Cn2ccnc2Cn2nc(C)c3c(Cl)c(C(=O)Nc4ccc(C)cc4)cnc32)cc1.COCCn1ccnc1Cn1nc(C)c2c(Cl)c(C(=O)Nc3ccc(C)cc3)cnc21.Cc1ccc(NC(=O)c2cnc3c(cnn3Cc3ccccc3)c2Cl)cc1.O=C(Nc1ccc(Cl)cc1)c1cnc2c(cnn2Cc2ccccc2)c1Cl. The second kappa shape index (κ2) is 48.5. The number of aromatic nitrogens is 19. The highest BCUT2D eigenvalue weighted by Gasteiger charge is 2.27. The Hall–Kier alpha value is -16.5. The second-order valence-corrected chi connectivity index (χ2v) is 38.0. The number of imidazole rings is 2. The smallest absolute Gasteiger partial charge is 0.258 e. The molecule has 756 valence electrons. The first-order valence-corrected chi connectivity index (χ1v) is 50.3. The fraction of sp³-hybridized carbons (Fsp3) is 0.167. The first-order valence-electron chi connectivity index (χ1n) is 48.0. The summed E-state index contributed by atoms with van der Waals surface area (Å²) in [6.45, 7) is 20.7. The Morgan fingerprint density at radius 2 is 0.620 bits per heavy atom. The third kappa shape index (κ3) is 25.3. The van der Waals surface area contributed by atoms with E-state index >= 15 is 0 Å². The molecule has 0 spiro atoms. The standard InChI is InChI=1S/C28H27ClN6O.C23H21ClN4O.C22H23ClN6O2.C21H17ClN4O.C20H14Cl2N4O/c1-4-20-7-9-21(10-8-20)16-34-14-13-30-24(34)17-35-27-25(19(3)33-35)26(29)23(15-31-27)28(36)32-22-11-5-18(2)6-12-22;1-15(2)17-8-10-18(11-9-17)27-23(29)20-12-25-22-19(21(20)24)13-26-28(22)14-16-6-4-3-5-7-16;1-14-4-6-16(7-5-14)26-22(30)17-12-25-21-19(20(17)23)15(2)27-29(21)13-18-24-8-9-28(18)10-11-31-3;1-14-7-9-16(10-8-14)25-21(27)18-11-23-20-17(19(18)22)12-24-26(20)13-15-5-3-2-4-6-15;21-14-6-8-15(9-7-14)25-20(27)17-10-23-19-16(18(17)22)11-24-26(19)12-13-4-2-1-3-5-13/h5-15H,4,16-17H2,1-3H3,(H,32,36);3-13,15H,14H2,1-2H3,(H,27,29);4-9,12H,10-11,13H2,1-3H3,(H,26,30);2-12H,13H2,1H3,(H,25,27);1-11H,12H2,(H,25,27). The van der Waals surface area contributed by atoms with Gasteiger partial charge >= 0.3 is 0 Å². The molecule has 0 aliphatic carbocycles. The third-order valence-corrected chi connectivity index (χ3v) is 26.9. The number of hydrogen-bond donors (Lipinski definition) is 5. The van der Waals surface area contributed by atoms with Crippen LogP contribution in [-0.4, -0.2) is 136 Å². The van der Waals surface area contributed by atoms with Crippen LogP contribution in [-0.2, 0) is 57.0 Å². The van der Waals surface area contributed by atoms with Gasteiger partial charge in [-0.3, -0.25) is 24.0 Å². The van der Waals surface area contributed by atoms with E-state index in [0.717, 1.165) is 63.7 Å². The molecule has 21 aromatic rings. The minimum Gasteiger partial charge on any atom is -0.383 e. The van der Waals surface area contributed by atoms with Crippen LogP contribution >= 0.6 is 69.6 Å². The zero-order chi connectivity index (χ0) is 105. The van der Waals surface area contributed by atoms with Gasteiger partial charge < -0.3 is 40.5 Å². The van der Waals surface area contributed by atoms with Gasteiger partial charge in [-0.05, 0) is 153 Å². The van der Waals surface area contributed by atoms with Crippen LogP contribution in [0, 0.1) is 34.6 Å². The number of fused-ring (bicyclic) bond motifs is 5. The van der Waals surface area contributed by atoms with Crippen molar-refractivity contribution < 1.29 is 28.7 Å². The summed E-state index contributed by atoms with van der Waals surface area (Å²) in [7, 11) is 1.67. The van der Waals surface area contributed by atoms with Gasteiger partial charge in [0.05, 0.1) is 136 Å². The monoisotopic (exact) mass is 2110 g/mol. The highest BCUT2D eigenvalue weighted by molar-refractivity contribution is 6.41. The maximum Gasteiger partial charge on any atom is 0.258 e. The summed E-state index contributed by atoms with van der Waals surface area (Å²) in [5, 5.41) is 42.3. The van der Waals surface area contributed by atoms with Crippen LogP contribution in [0.1, 0.15) is 152 Å². The number of hydrogen-bond acceptors (Lipinski definition) is 18. The van der Waals surface area contributed by atoms with Gasteiger partial charge in [0.25, 0.3) is 29.5 Å². The molecule has 12 aromatic heterocycles. The van der Waals surface area contributed by atoms with E-state index in [2.05, 4.69) is 137 Å². The van der Waals surface area contributed by atoms with Crippen molar-refractivity contribution in [2.45, 2.75) is 114 Å². The fourth-order valence-corrected chi connectivity index (χ4v) is 18.1. The van der Waals surface area contributed by atoms with Gasteiger partial charge in [0.2, 0.25) is 0 Å². The Morgan fingerprint density at radius 1 is 0.320 bits per heavy atom. The largest absolute Gasteiger partial charge is 0.383 e. The van der Waals surface area contributed by atoms with Gasteiger partial charge in [0.15, 0.2) is 28.2 Å². The Morgan fingerprint density at radius 3 is 0.953 bits per heavy atom. The van der Waals surface area contributed by atoms with E-state index in [4.69, 9.17) is 74.3 Å². The summed E-state index contributed by atoms with van der Waals surface area (Å²) in [6.07, 6.45) is 20.8. The Kier molecular flexibility index (Phi) is 33.9. The Bertz CT molecular complexity index is 8210. The summed E-state index contributed by atoms with van der Waals surface area (Å²) in [5.74, 6) is 0.575. The van der Waals surface area contributed by atoms with Crippen LogP contribution in [0.25, 0.3) is 55.2 Å². The first kappa shape index (κ1) is 105. The number of amides is 5. The van der Waals surface area contributed by atoms with E-state index in [1.165, 1.54) is 47.7 Å². The number of halogens is 6. The molecule has 0 saturated carbocycles. The molecule has 0 unspecified atom stereocenters. The van der Waals surface area contributed by atoms with E-state index in [0.29, 0.717) is 199 Å². The lowest BCUT2D eigenvalue weighted by atomic mass is 10.0. The summed E-state index contributed by atoms with van der Waals surface area (Å²) in [5.41, 5.74) is 20.0. The number of ether oxygens (including phenoxy) is 1. The number of pyridine rings is 5. The van der Waals surface area contributed by atoms with Gasteiger partial charge in [0.1, 0.15) is 24.7 Å². The molecule has 0 bridgehead atoms. The molecular formula is C114H102Cl6N24O6. The lowest BCUT2D eigenvalue weighted by Crippen LogP contribution is -2.14. The first-order chi connectivity index (χ1) is 72.6. The average molecular weight is 2120 g/mol. The number of nitrogens with one attached hydrogen (secondary N) is 5. The van der Waals surface area contributed by atoms with Crippen LogP contribution in [0.15, 0.2) is 311 Å². The number of aryl methyl sites for hydroxylation is 6. The number of methoxy groups -OCH3 is 1. The zero-order valence-corrected chi connectivity index (χ0v) is 87.6. The maximum absolute atomic E-state index is 12.9. The number of benzene rings is 9. The van der Waals surface area contributed by atoms with Crippen molar-refractivity contribution in [3.63, 3.8) is 0 Å². The van der Waals surface area contributed by atoms with Gasteiger partial charge in [0, 0.05) is 109 Å². The molecular weight excluding hydrogens is 2010 g/mol. The molecule has 0 saturated heterocycles. The highest BCUT2D eigenvalue weighted by atomic mass is 35.5. The lowest BCUT2D eigenvalue weighted by molar-refractivity contribution is 0.101. The summed E-state index contributed by atoms with van der Waals surface area (Å²) >= 11 is 38.7. The molecule has 12 heterocycles. The van der Waals surface area contributed by atoms with E-state index in [1.807, 2.05) is 240 Å². The van der Waals surface area contributed by atoms with E-state index < -0.39 is 0 Å². The van der Waals surface area contributed by atoms with Gasteiger partial charge in [-0.1, -0.05) is 271 Å². The van der Waals surface area contributed by atoms with E-state index in [1.54, 1.807) is 85.8 Å². The number of nitrogens with zero attached hydrogens (tertiary/aromatic N) is 19. The van der Waals surface area contributed by atoms with Crippen LogP contribution in [0.2, 0.25) is 30.1 Å². The van der Waals surface area contributed by atoms with Crippen molar-refractivity contribution in [3.8, 4) is 0 Å². The molecule has 5 N–H and O–H groups in total. The van der Waals surface area contributed by atoms with Gasteiger partial charge in [-0.15, -0.1) is 0 Å². The van der Waals surface area contributed by atoms with Crippen LogP contribution in [0.5, 0.6) is 0 Å². The van der Waals surface area contributed by atoms with Crippen LogP contribution in [0.4, 0.5) is 28.4 Å². The Labute approximate surface area is 893 Å². The Balaban J connectivity index is 0.000000128. The predicted molar refractivity (Wildman–Crippen MR) is 594 cm³/mol. The molecule has 0 fully saturated rings. The lowest BCUT2D eigenvalue weighted by Gasteiger charge is -2.10. The van der Waals surface area contributed by atoms with E-state index in [9.17, 15) is 24.0 Å². The third-order valence-electron chi connectivity index (χ3n) is 24.7. The maximum atomic E-state index is 12.9. The molecule has 0 atom stereocenters. The minimum atomic E-state index is -0.340. The highest BCUT2D eigenvalue weighted by Crippen LogP contribution is 2.36. The molecule has 36 heteroatoms. The van der Waals surface area contributed by atoms with Crippen molar-refractivity contribution in [2.75, 3.05) is 40.3 Å². The molecule has 150 heavy (non-hydrogen) atoms. The fourth-order valence-electron chi connectivity index (χ4n) is 16.4. The quantitative estimate of drug-likeness (QED) is 0.0319. The molecule has 0 aliphatic heterocycles. The van der Waals surface area contributed by atoms with Crippen molar-refractivity contribution in [1.29, 1.82) is 0 Å². The van der Waals surface area contributed by atoms with Gasteiger partial charge in [-0.25, -0.2) is 58.3 Å². The van der Waals surface area contributed by atoms with Crippen molar-refractivity contribution in [1.82, 2.24) is 92.9 Å². The van der Waals surface area contributed by atoms with Crippen molar-refractivity contribution >= 4 is 183 Å². The number of rotatable bonds is 27. The van der Waals surface area contributed by atoms with Crippen molar-refractivity contribution in [2.24, 2.45) is 0 Å². The molecule has 5 amide bonds. The number of anilines is 5. The molecule has 0 aliphatic rings. The second-order valence-electron chi connectivity index (χ2n) is 35.7. The topological polar surface area (TPSA) is 344 Å². The molecule has 9 aromatic carbocycles. The summed E-state index contributed by atoms with van der Waals surface area (Å²) in [6, 6.07) is 76.0.